The first-order valence-corrected chi connectivity index (χ1v) is 9.27. The third-order valence-corrected chi connectivity index (χ3v) is 5.20. The number of nitrogens with zero attached hydrogens (tertiary/aromatic N) is 2. The number of benzene rings is 2. The summed E-state index contributed by atoms with van der Waals surface area (Å²) in [5.41, 5.74) is 2.60. The van der Waals surface area contributed by atoms with Gasteiger partial charge in [0.15, 0.2) is 0 Å². The van der Waals surface area contributed by atoms with Crippen LogP contribution < -0.4 is 0 Å². The maximum Gasteiger partial charge on any atom is 0.219 e. The zero-order chi connectivity index (χ0) is 18.4. The highest BCUT2D eigenvalue weighted by Crippen LogP contribution is 2.23. The highest BCUT2D eigenvalue weighted by atomic mass is 16.5. The fourth-order valence-electron chi connectivity index (χ4n) is 3.77. The van der Waals surface area contributed by atoms with Crippen molar-refractivity contribution in [2.24, 2.45) is 0 Å². The lowest BCUT2D eigenvalue weighted by Crippen LogP contribution is -2.55. The van der Waals surface area contributed by atoms with E-state index in [1.807, 2.05) is 17.0 Å². The first-order chi connectivity index (χ1) is 12.7. The summed E-state index contributed by atoms with van der Waals surface area (Å²) < 4.78 is 5.80. The lowest BCUT2D eigenvalue weighted by atomic mass is 9.98. The molecule has 4 heteroatoms. The van der Waals surface area contributed by atoms with Gasteiger partial charge in [-0.05, 0) is 17.5 Å². The average molecular weight is 352 g/mol. The van der Waals surface area contributed by atoms with E-state index in [1.165, 1.54) is 11.1 Å². The van der Waals surface area contributed by atoms with Gasteiger partial charge < -0.3 is 9.64 Å². The van der Waals surface area contributed by atoms with Crippen molar-refractivity contribution in [2.75, 3.05) is 20.2 Å². The molecular formula is C22H28N2O2. The topological polar surface area (TPSA) is 32.8 Å². The Labute approximate surface area is 156 Å². The van der Waals surface area contributed by atoms with Gasteiger partial charge in [-0.25, -0.2) is 0 Å². The van der Waals surface area contributed by atoms with Crippen molar-refractivity contribution in [1.82, 2.24) is 9.80 Å². The van der Waals surface area contributed by atoms with E-state index in [0.29, 0.717) is 6.54 Å². The molecule has 2 unspecified atom stereocenters. The molecule has 4 nitrogen and oxygen atoms in total. The molecule has 0 aromatic heterocycles. The van der Waals surface area contributed by atoms with Crippen LogP contribution in [0, 0.1) is 0 Å². The Morgan fingerprint density at radius 3 is 2.04 bits per heavy atom. The fourth-order valence-corrected chi connectivity index (χ4v) is 3.77. The molecule has 1 amide bonds. The van der Waals surface area contributed by atoms with Crippen LogP contribution in [-0.4, -0.2) is 48.1 Å². The Hall–Kier alpha value is -2.17. The van der Waals surface area contributed by atoms with Crippen molar-refractivity contribution in [3.8, 4) is 0 Å². The van der Waals surface area contributed by atoms with Crippen molar-refractivity contribution in [2.45, 2.75) is 38.6 Å². The minimum absolute atomic E-state index is 0.0278. The van der Waals surface area contributed by atoms with Gasteiger partial charge in [0, 0.05) is 46.3 Å². The van der Waals surface area contributed by atoms with Crippen LogP contribution >= 0.6 is 0 Å². The zero-order valence-corrected chi connectivity index (χ0v) is 15.7. The smallest absolute Gasteiger partial charge is 0.219 e. The average Bonchev–Trinajstić information content (AvgIpc) is 2.68. The van der Waals surface area contributed by atoms with E-state index in [2.05, 4.69) is 53.4 Å². The number of amides is 1. The van der Waals surface area contributed by atoms with Crippen LogP contribution in [0.2, 0.25) is 0 Å². The number of rotatable bonds is 6. The lowest BCUT2D eigenvalue weighted by molar-refractivity contribution is -0.135. The molecule has 3 rings (SSSR count). The minimum Gasteiger partial charge on any atom is -0.378 e. The van der Waals surface area contributed by atoms with E-state index in [4.69, 9.17) is 4.74 Å². The van der Waals surface area contributed by atoms with Gasteiger partial charge in [0.25, 0.3) is 0 Å². The normalized spacial score (nSPS) is 20.3. The Kier molecular flexibility index (Phi) is 6.42. The molecular weight excluding hydrogens is 324 g/mol. The van der Waals surface area contributed by atoms with Gasteiger partial charge in [0.05, 0.1) is 6.10 Å². The first-order valence-electron chi connectivity index (χ1n) is 9.27. The molecule has 0 bridgehead atoms. The van der Waals surface area contributed by atoms with Gasteiger partial charge >= 0.3 is 0 Å². The summed E-state index contributed by atoms with van der Waals surface area (Å²) in [6, 6.07) is 21.4. The highest BCUT2D eigenvalue weighted by Gasteiger charge is 2.34. The monoisotopic (exact) mass is 352 g/mol. The third-order valence-electron chi connectivity index (χ3n) is 5.20. The number of ether oxygens (including phenoxy) is 1. The van der Waals surface area contributed by atoms with Gasteiger partial charge in [0.1, 0.15) is 0 Å². The second-order valence-electron chi connectivity index (χ2n) is 6.97. The molecule has 2 atom stereocenters. The number of hydrogen-bond donors (Lipinski definition) is 0. The van der Waals surface area contributed by atoms with E-state index < -0.39 is 0 Å². The van der Waals surface area contributed by atoms with Crippen LogP contribution in [0.4, 0.5) is 0 Å². The molecule has 2 aromatic rings. The second-order valence-corrected chi connectivity index (χ2v) is 6.97. The standard InChI is InChI=1S/C22H28N2O2/c1-18(25)23-14-13-21(22(17-23)26-2)24(15-19-9-5-3-6-10-19)16-20-11-7-4-8-12-20/h3-12,21-22H,13-17H2,1-2H3. The van der Waals surface area contributed by atoms with Gasteiger partial charge in [-0.15, -0.1) is 0 Å². The van der Waals surface area contributed by atoms with E-state index in [1.54, 1.807) is 14.0 Å². The predicted octanol–water partition coefficient (Wildman–Crippen LogP) is 3.32. The summed E-state index contributed by atoms with van der Waals surface area (Å²) in [6.07, 6.45) is 0.956. The van der Waals surface area contributed by atoms with Gasteiger partial charge in [-0.3, -0.25) is 9.69 Å². The fraction of sp³-hybridized carbons (Fsp3) is 0.409. The Morgan fingerprint density at radius 2 is 1.58 bits per heavy atom. The maximum atomic E-state index is 11.8. The van der Waals surface area contributed by atoms with Gasteiger partial charge in [0.2, 0.25) is 5.91 Å². The molecule has 1 aliphatic rings. The second kappa shape index (κ2) is 8.97. The Bertz CT molecular complexity index is 648. The number of piperidine rings is 1. The number of methoxy groups -OCH3 is 1. The highest BCUT2D eigenvalue weighted by molar-refractivity contribution is 5.73. The van der Waals surface area contributed by atoms with Crippen molar-refractivity contribution in [3.05, 3.63) is 71.8 Å². The number of carbonyl (C=O) groups is 1. The van der Waals surface area contributed by atoms with Crippen LogP contribution in [-0.2, 0) is 22.6 Å². The predicted molar refractivity (Wildman–Crippen MR) is 104 cm³/mol. The molecule has 0 aliphatic carbocycles. The molecule has 0 N–H and O–H groups in total. The molecule has 26 heavy (non-hydrogen) atoms. The largest absolute Gasteiger partial charge is 0.378 e. The Morgan fingerprint density at radius 1 is 1.04 bits per heavy atom. The molecule has 1 saturated heterocycles. The third kappa shape index (κ3) is 4.71. The van der Waals surface area contributed by atoms with Gasteiger partial charge in [-0.2, -0.15) is 0 Å². The van der Waals surface area contributed by atoms with Crippen LogP contribution in [0.25, 0.3) is 0 Å². The van der Waals surface area contributed by atoms with Crippen LogP contribution in [0.15, 0.2) is 60.7 Å². The van der Waals surface area contributed by atoms with E-state index in [9.17, 15) is 4.79 Å². The molecule has 1 heterocycles. The molecule has 1 aliphatic heterocycles. The molecule has 1 fully saturated rings. The number of hydrogen-bond acceptors (Lipinski definition) is 3. The van der Waals surface area contributed by atoms with Crippen LogP contribution in [0.3, 0.4) is 0 Å². The molecule has 2 aromatic carbocycles. The van der Waals surface area contributed by atoms with E-state index in [-0.39, 0.29) is 18.1 Å². The molecule has 0 saturated carbocycles. The summed E-state index contributed by atoms with van der Waals surface area (Å²) in [5, 5.41) is 0. The van der Waals surface area contributed by atoms with Gasteiger partial charge in [-0.1, -0.05) is 60.7 Å². The molecule has 0 spiro atoms. The summed E-state index contributed by atoms with van der Waals surface area (Å²) in [7, 11) is 1.75. The van der Waals surface area contributed by atoms with Crippen LogP contribution in [0.5, 0.6) is 0 Å². The van der Waals surface area contributed by atoms with Crippen LogP contribution in [0.1, 0.15) is 24.5 Å². The summed E-state index contributed by atoms with van der Waals surface area (Å²) in [5.74, 6) is 0.128. The summed E-state index contributed by atoms with van der Waals surface area (Å²) >= 11 is 0. The van der Waals surface area contributed by atoms with Crippen molar-refractivity contribution in [1.29, 1.82) is 0 Å². The SMILES string of the molecule is COC1CN(C(C)=O)CCC1N(Cc1ccccc1)Cc1ccccc1. The molecule has 0 radical (unpaired) electrons. The van der Waals surface area contributed by atoms with Crippen molar-refractivity contribution < 1.29 is 9.53 Å². The number of likely N-dealkylation sites (tertiary alicyclic amines) is 1. The number of carbonyl (C=O) groups excluding carboxylic acids is 1. The zero-order valence-electron chi connectivity index (χ0n) is 15.7. The maximum absolute atomic E-state index is 11.8. The van der Waals surface area contributed by atoms with Crippen molar-refractivity contribution in [3.63, 3.8) is 0 Å². The van der Waals surface area contributed by atoms with E-state index in [0.717, 1.165) is 26.1 Å². The minimum atomic E-state index is 0.0278. The summed E-state index contributed by atoms with van der Waals surface area (Å²) in [6.45, 7) is 4.84. The van der Waals surface area contributed by atoms with Crippen molar-refractivity contribution >= 4 is 5.91 Å². The Balaban J connectivity index is 1.80. The summed E-state index contributed by atoms with van der Waals surface area (Å²) in [4.78, 5) is 16.2. The quantitative estimate of drug-likeness (QED) is 0.799. The first kappa shape index (κ1) is 18.6. The lowest BCUT2D eigenvalue weighted by Gasteiger charge is -2.43. The molecule has 138 valence electrons. The van der Waals surface area contributed by atoms with E-state index >= 15 is 0 Å².